The van der Waals surface area contributed by atoms with E-state index >= 15 is 0 Å². The fourth-order valence-corrected chi connectivity index (χ4v) is 2.27. The van der Waals surface area contributed by atoms with E-state index in [-0.39, 0.29) is 18.2 Å². The smallest absolute Gasteiger partial charge is 0.302 e. The molecule has 13 heavy (non-hydrogen) atoms. The van der Waals surface area contributed by atoms with Crippen molar-refractivity contribution in [3.63, 3.8) is 0 Å². The van der Waals surface area contributed by atoms with Gasteiger partial charge in [0, 0.05) is 13.3 Å². The van der Waals surface area contributed by atoms with Crippen LogP contribution in [0.25, 0.3) is 0 Å². The maximum absolute atomic E-state index is 10.8. The summed E-state index contributed by atoms with van der Waals surface area (Å²) >= 11 is 0. The number of hydrogen-bond acceptors (Lipinski definition) is 3. The Labute approximate surface area is 78.4 Å². The first-order chi connectivity index (χ1) is 6.27. The van der Waals surface area contributed by atoms with Crippen molar-refractivity contribution in [3.8, 4) is 0 Å². The molecule has 0 aromatic carbocycles. The zero-order chi connectivity index (χ0) is 9.26. The van der Waals surface area contributed by atoms with Gasteiger partial charge >= 0.3 is 5.97 Å². The molecule has 1 saturated heterocycles. The highest BCUT2D eigenvalue weighted by atomic mass is 16.5. The van der Waals surface area contributed by atoms with Gasteiger partial charge in [0.1, 0.15) is 12.5 Å². The van der Waals surface area contributed by atoms with Crippen molar-refractivity contribution < 1.29 is 14.3 Å². The zero-order valence-electron chi connectivity index (χ0n) is 7.86. The molecule has 0 amide bonds. The molecule has 0 bridgehead atoms. The summed E-state index contributed by atoms with van der Waals surface area (Å²) in [6.07, 6.45) is 5.52. The fraction of sp³-hybridized carbons (Fsp3) is 0.800. The summed E-state index contributed by atoms with van der Waals surface area (Å²) in [5, 5.41) is 0. The largest absolute Gasteiger partial charge is 0.462 e. The van der Waals surface area contributed by atoms with Gasteiger partial charge in [0.25, 0.3) is 0 Å². The predicted octanol–water partition coefficient (Wildman–Crippen LogP) is 1.32. The Morgan fingerprint density at radius 1 is 1.54 bits per heavy atom. The van der Waals surface area contributed by atoms with Crippen molar-refractivity contribution in [1.29, 1.82) is 0 Å². The van der Waals surface area contributed by atoms with E-state index in [1.807, 2.05) is 0 Å². The Hall–Kier alpha value is -0.700. The molecule has 0 aromatic heterocycles. The highest BCUT2D eigenvalue weighted by Gasteiger charge is 2.45. The molecular formula is C10H15O3+. The van der Waals surface area contributed by atoms with Crippen LogP contribution < -0.4 is 0 Å². The molecule has 2 aliphatic rings. The van der Waals surface area contributed by atoms with E-state index in [1.165, 1.54) is 6.92 Å². The average molecular weight is 183 g/mol. The molecular weight excluding hydrogens is 168 g/mol. The van der Waals surface area contributed by atoms with Crippen LogP contribution in [0.2, 0.25) is 0 Å². The minimum absolute atomic E-state index is 0.0926. The first kappa shape index (κ1) is 8.88. The average Bonchev–Trinajstić information content (AvgIpc) is 2.51. The van der Waals surface area contributed by atoms with E-state index in [0.717, 1.165) is 25.9 Å². The highest BCUT2D eigenvalue weighted by molar-refractivity contribution is 5.66. The van der Waals surface area contributed by atoms with Crippen LogP contribution in [-0.2, 0) is 14.3 Å². The van der Waals surface area contributed by atoms with Crippen LogP contribution in [0.15, 0.2) is 0 Å². The van der Waals surface area contributed by atoms with Gasteiger partial charge in [-0.25, -0.2) is 0 Å². The molecule has 0 radical (unpaired) electrons. The van der Waals surface area contributed by atoms with Crippen molar-refractivity contribution in [2.24, 2.45) is 5.92 Å². The molecule has 1 heterocycles. The third-order valence-electron chi connectivity index (χ3n) is 2.83. The SMILES string of the molecule is CC(=O)O[C@@H]1CC[CH+][C@@H]2OCC[C@@H]21. The molecule has 1 aliphatic heterocycles. The Kier molecular flexibility index (Phi) is 2.44. The molecule has 0 spiro atoms. The van der Waals surface area contributed by atoms with E-state index in [4.69, 9.17) is 9.47 Å². The first-order valence-corrected chi connectivity index (χ1v) is 4.89. The van der Waals surface area contributed by atoms with Gasteiger partial charge in [-0.15, -0.1) is 0 Å². The summed E-state index contributed by atoms with van der Waals surface area (Å²) in [4.78, 5) is 10.8. The lowest BCUT2D eigenvalue weighted by Crippen LogP contribution is -2.36. The van der Waals surface area contributed by atoms with Crippen molar-refractivity contribution >= 4 is 5.97 Å². The van der Waals surface area contributed by atoms with Crippen molar-refractivity contribution in [2.75, 3.05) is 6.61 Å². The lowest BCUT2D eigenvalue weighted by molar-refractivity contribution is -0.151. The second-order valence-corrected chi connectivity index (χ2v) is 3.75. The molecule has 2 rings (SSSR count). The first-order valence-electron chi connectivity index (χ1n) is 4.89. The maximum atomic E-state index is 10.8. The maximum Gasteiger partial charge on any atom is 0.302 e. The summed E-state index contributed by atoms with van der Waals surface area (Å²) < 4.78 is 10.8. The standard InChI is InChI=1S/C10H15O3/c1-7(11)13-10-4-2-3-9-8(10)5-6-12-9/h3,8-10H,2,4-6H2,1H3/q+1/t8-,9-,10+/m0/s1. The summed E-state index contributed by atoms with van der Waals surface area (Å²) in [6.45, 7) is 2.28. The van der Waals surface area contributed by atoms with Crippen molar-refractivity contribution in [3.05, 3.63) is 6.42 Å². The van der Waals surface area contributed by atoms with Crippen LogP contribution in [-0.4, -0.2) is 24.8 Å². The summed E-state index contributed by atoms with van der Waals surface area (Å²) in [5.41, 5.74) is 0. The van der Waals surface area contributed by atoms with Crippen molar-refractivity contribution in [2.45, 2.75) is 38.4 Å². The lowest BCUT2D eigenvalue weighted by atomic mass is 9.83. The van der Waals surface area contributed by atoms with Crippen LogP contribution >= 0.6 is 0 Å². The molecule has 2 fully saturated rings. The Bertz CT molecular complexity index is 202. The zero-order valence-corrected chi connectivity index (χ0v) is 7.86. The number of ether oxygens (including phenoxy) is 2. The Morgan fingerprint density at radius 3 is 3.15 bits per heavy atom. The number of esters is 1. The van der Waals surface area contributed by atoms with Gasteiger partial charge in [0.05, 0.1) is 18.9 Å². The minimum atomic E-state index is -0.169. The monoisotopic (exact) mass is 183 g/mol. The second-order valence-electron chi connectivity index (χ2n) is 3.75. The Balaban J connectivity index is 1.97. The van der Waals surface area contributed by atoms with Crippen LogP contribution in [0.1, 0.15) is 26.2 Å². The number of hydrogen-bond donors (Lipinski definition) is 0. The number of carbonyl (C=O) groups excluding carboxylic acids is 1. The topological polar surface area (TPSA) is 35.5 Å². The summed E-state index contributed by atoms with van der Waals surface area (Å²) in [7, 11) is 0. The number of rotatable bonds is 1. The number of fused-ring (bicyclic) bond motifs is 1. The fourth-order valence-electron chi connectivity index (χ4n) is 2.27. The van der Waals surface area contributed by atoms with Gasteiger partial charge < -0.3 is 9.47 Å². The molecule has 1 aliphatic carbocycles. The van der Waals surface area contributed by atoms with Gasteiger partial charge in [-0.3, -0.25) is 4.79 Å². The van der Waals surface area contributed by atoms with E-state index < -0.39 is 0 Å². The Morgan fingerprint density at radius 2 is 2.38 bits per heavy atom. The molecule has 0 unspecified atom stereocenters. The lowest BCUT2D eigenvalue weighted by Gasteiger charge is -2.26. The molecule has 3 atom stereocenters. The summed E-state index contributed by atoms with van der Waals surface area (Å²) in [6, 6.07) is 0. The quantitative estimate of drug-likeness (QED) is 0.454. The highest BCUT2D eigenvalue weighted by Crippen LogP contribution is 2.35. The second kappa shape index (κ2) is 3.58. The van der Waals surface area contributed by atoms with Crippen LogP contribution in [0, 0.1) is 12.3 Å². The molecule has 0 aromatic rings. The van der Waals surface area contributed by atoms with Gasteiger partial charge in [-0.1, -0.05) is 0 Å². The van der Waals surface area contributed by atoms with E-state index in [0.29, 0.717) is 5.92 Å². The molecule has 3 heteroatoms. The van der Waals surface area contributed by atoms with E-state index in [9.17, 15) is 4.79 Å². The van der Waals surface area contributed by atoms with Crippen LogP contribution in [0.4, 0.5) is 0 Å². The van der Waals surface area contributed by atoms with Gasteiger partial charge in [-0.05, 0) is 6.42 Å². The van der Waals surface area contributed by atoms with Gasteiger partial charge in [0.2, 0.25) is 6.10 Å². The minimum Gasteiger partial charge on any atom is -0.462 e. The molecule has 0 N–H and O–H groups in total. The van der Waals surface area contributed by atoms with Crippen LogP contribution in [0.3, 0.4) is 0 Å². The molecule has 3 nitrogen and oxygen atoms in total. The summed E-state index contributed by atoms with van der Waals surface area (Å²) in [5.74, 6) is 0.246. The van der Waals surface area contributed by atoms with Gasteiger partial charge in [-0.2, -0.15) is 0 Å². The van der Waals surface area contributed by atoms with Crippen LogP contribution in [0.5, 0.6) is 0 Å². The number of carbonyl (C=O) groups is 1. The normalized spacial score (nSPS) is 37.8. The predicted molar refractivity (Wildman–Crippen MR) is 46.9 cm³/mol. The third-order valence-corrected chi connectivity index (χ3v) is 2.83. The van der Waals surface area contributed by atoms with Gasteiger partial charge in [0.15, 0.2) is 0 Å². The van der Waals surface area contributed by atoms with E-state index in [2.05, 4.69) is 6.42 Å². The molecule has 1 saturated carbocycles. The molecule has 72 valence electrons. The third kappa shape index (κ3) is 1.80. The van der Waals surface area contributed by atoms with Crippen molar-refractivity contribution in [1.82, 2.24) is 0 Å². The van der Waals surface area contributed by atoms with E-state index in [1.54, 1.807) is 0 Å².